The van der Waals surface area contributed by atoms with Crippen LogP contribution >= 0.6 is 0 Å². The minimum Gasteiger partial charge on any atom is -0.388 e. The summed E-state index contributed by atoms with van der Waals surface area (Å²) in [6.07, 6.45) is 1.17. The van der Waals surface area contributed by atoms with E-state index in [4.69, 9.17) is 4.74 Å². The normalized spacial score (nSPS) is 22.1. The van der Waals surface area contributed by atoms with Gasteiger partial charge in [-0.25, -0.2) is 0 Å². The van der Waals surface area contributed by atoms with Crippen LogP contribution in [0, 0.1) is 0 Å². The van der Waals surface area contributed by atoms with Crippen molar-refractivity contribution in [2.24, 2.45) is 0 Å². The Labute approximate surface area is 90.2 Å². The SMILES string of the molecule is CNC(C)C(=O)NCC1(O)CCOCC1. The molecule has 1 amide bonds. The van der Waals surface area contributed by atoms with Crippen LogP contribution in [0.15, 0.2) is 0 Å². The average Bonchev–Trinajstić information content (AvgIpc) is 2.26. The fraction of sp³-hybridized carbons (Fsp3) is 0.900. The zero-order chi connectivity index (χ0) is 11.3. The first kappa shape index (κ1) is 12.4. The van der Waals surface area contributed by atoms with Crippen LogP contribution in [-0.4, -0.2) is 49.5 Å². The highest BCUT2D eigenvalue weighted by molar-refractivity contribution is 5.81. The van der Waals surface area contributed by atoms with E-state index in [2.05, 4.69) is 10.6 Å². The van der Waals surface area contributed by atoms with Gasteiger partial charge in [0.1, 0.15) is 0 Å². The smallest absolute Gasteiger partial charge is 0.236 e. The minimum absolute atomic E-state index is 0.0857. The maximum Gasteiger partial charge on any atom is 0.236 e. The molecule has 0 aromatic rings. The number of ether oxygens (including phenoxy) is 1. The Bertz CT molecular complexity index is 215. The van der Waals surface area contributed by atoms with Crippen molar-refractivity contribution >= 4 is 5.91 Å². The number of aliphatic hydroxyl groups is 1. The van der Waals surface area contributed by atoms with Crippen molar-refractivity contribution in [1.29, 1.82) is 0 Å². The third-order valence-corrected chi connectivity index (χ3v) is 2.84. The Morgan fingerprint density at radius 2 is 2.13 bits per heavy atom. The monoisotopic (exact) mass is 216 g/mol. The van der Waals surface area contributed by atoms with Crippen molar-refractivity contribution in [3.63, 3.8) is 0 Å². The first-order valence-electron chi connectivity index (χ1n) is 5.32. The highest BCUT2D eigenvalue weighted by Crippen LogP contribution is 2.19. The number of likely N-dealkylation sites (N-methyl/N-ethyl adjacent to an activating group) is 1. The van der Waals surface area contributed by atoms with Gasteiger partial charge in [-0.3, -0.25) is 4.79 Å². The predicted molar refractivity (Wildman–Crippen MR) is 56.5 cm³/mol. The molecule has 15 heavy (non-hydrogen) atoms. The summed E-state index contributed by atoms with van der Waals surface area (Å²) in [5.74, 6) is -0.0857. The standard InChI is InChI=1S/C10H20N2O3/c1-8(11-2)9(13)12-7-10(14)3-5-15-6-4-10/h8,11,14H,3-7H2,1-2H3,(H,12,13). The largest absolute Gasteiger partial charge is 0.388 e. The molecule has 0 radical (unpaired) electrons. The Morgan fingerprint density at radius 3 is 2.67 bits per heavy atom. The Balaban J connectivity index is 2.31. The van der Waals surface area contributed by atoms with E-state index in [1.165, 1.54) is 0 Å². The van der Waals surface area contributed by atoms with Crippen LogP contribution in [0.5, 0.6) is 0 Å². The van der Waals surface area contributed by atoms with Crippen LogP contribution in [0.25, 0.3) is 0 Å². The molecule has 1 rings (SSSR count). The Morgan fingerprint density at radius 1 is 1.53 bits per heavy atom. The summed E-state index contributed by atoms with van der Waals surface area (Å²) >= 11 is 0. The van der Waals surface area contributed by atoms with E-state index < -0.39 is 5.60 Å². The van der Waals surface area contributed by atoms with Gasteiger partial charge < -0.3 is 20.5 Å². The number of hydrogen-bond donors (Lipinski definition) is 3. The van der Waals surface area contributed by atoms with Crippen molar-refractivity contribution < 1.29 is 14.6 Å². The third kappa shape index (κ3) is 3.77. The molecule has 0 aromatic carbocycles. The lowest BCUT2D eigenvalue weighted by Gasteiger charge is -2.32. The summed E-state index contributed by atoms with van der Waals surface area (Å²) in [5, 5.41) is 15.6. The predicted octanol–water partition coefficient (Wildman–Crippen LogP) is -0.748. The van der Waals surface area contributed by atoms with Gasteiger partial charge in [0, 0.05) is 32.6 Å². The molecule has 0 saturated carbocycles. The van der Waals surface area contributed by atoms with E-state index in [1.54, 1.807) is 14.0 Å². The molecule has 5 nitrogen and oxygen atoms in total. The van der Waals surface area contributed by atoms with Crippen LogP contribution < -0.4 is 10.6 Å². The van der Waals surface area contributed by atoms with Gasteiger partial charge in [0.2, 0.25) is 5.91 Å². The molecule has 1 aliphatic rings. The molecule has 0 spiro atoms. The molecular weight excluding hydrogens is 196 g/mol. The van der Waals surface area contributed by atoms with E-state index in [0.29, 0.717) is 32.6 Å². The summed E-state index contributed by atoms with van der Waals surface area (Å²) in [7, 11) is 1.73. The summed E-state index contributed by atoms with van der Waals surface area (Å²) in [5.41, 5.74) is -0.790. The van der Waals surface area contributed by atoms with Gasteiger partial charge in [-0.2, -0.15) is 0 Å². The van der Waals surface area contributed by atoms with E-state index in [0.717, 1.165) is 0 Å². The summed E-state index contributed by atoms with van der Waals surface area (Å²) in [6.45, 7) is 3.21. The molecule has 0 aliphatic carbocycles. The summed E-state index contributed by atoms with van der Waals surface area (Å²) in [6, 6.07) is -0.228. The summed E-state index contributed by atoms with van der Waals surface area (Å²) < 4.78 is 5.16. The molecule has 1 fully saturated rings. The first-order chi connectivity index (χ1) is 7.07. The molecule has 3 N–H and O–H groups in total. The van der Waals surface area contributed by atoms with E-state index >= 15 is 0 Å². The fourth-order valence-electron chi connectivity index (χ4n) is 1.46. The summed E-state index contributed by atoms with van der Waals surface area (Å²) in [4.78, 5) is 11.4. The highest BCUT2D eigenvalue weighted by Gasteiger charge is 2.30. The number of carbonyl (C=O) groups is 1. The van der Waals surface area contributed by atoms with Gasteiger partial charge in [0.15, 0.2) is 0 Å². The lowest BCUT2D eigenvalue weighted by atomic mass is 9.94. The molecule has 1 heterocycles. The van der Waals surface area contributed by atoms with Gasteiger partial charge in [-0.1, -0.05) is 0 Å². The number of carbonyl (C=O) groups excluding carboxylic acids is 1. The lowest BCUT2D eigenvalue weighted by Crippen LogP contribution is -2.50. The van der Waals surface area contributed by atoms with Gasteiger partial charge >= 0.3 is 0 Å². The van der Waals surface area contributed by atoms with Crippen LogP contribution in [0.1, 0.15) is 19.8 Å². The Hall–Kier alpha value is -0.650. The zero-order valence-corrected chi connectivity index (χ0v) is 9.38. The van der Waals surface area contributed by atoms with Crippen molar-refractivity contribution in [2.45, 2.75) is 31.4 Å². The molecule has 1 unspecified atom stereocenters. The van der Waals surface area contributed by atoms with E-state index in [-0.39, 0.29) is 11.9 Å². The second kappa shape index (κ2) is 5.44. The molecule has 0 bridgehead atoms. The molecule has 0 aromatic heterocycles. The van der Waals surface area contributed by atoms with E-state index in [9.17, 15) is 9.90 Å². The average molecular weight is 216 g/mol. The maximum atomic E-state index is 11.4. The molecule has 1 saturated heterocycles. The van der Waals surface area contributed by atoms with Crippen LogP contribution in [0.2, 0.25) is 0 Å². The lowest BCUT2D eigenvalue weighted by molar-refractivity contribution is -0.125. The second-order valence-corrected chi connectivity index (χ2v) is 4.06. The fourth-order valence-corrected chi connectivity index (χ4v) is 1.46. The number of nitrogens with one attached hydrogen (secondary N) is 2. The minimum atomic E-state index is -0.790. The maximum absolute atomic E-state index is 11.4. The topological polar surface area (TPSA) is 70.6 Å². The van der Waals surface area contributed by atoms with Crippen LogP contribution in [0.3, 0.4) is 0 Å². The Kier molecular flexibility index (Phi) is 4.50. The number of rotatable bonds is 4. The molecular formula is C10H20N2O3. The second-order valence-electron chi connectivity index (χ2n) is 4.06. The van der Waals surface area contributed by atoms with Crippen LogP contribution in [0.4, 0.5) is 0 Å². The molecule has 1 aliphatic heterocycles. The third-order valence-electron chi connectivity index (χ3n) is 2.84. The van der Waals surface area contributed by atoms with Crippen molar-refractivity contribution in [2.75, 3.05) is 26.8 Å². The quantitative estimate of drug-likeness (QED) is 0.578. The van der Waals surface area contributed by atoms with Gasteiger partial charge in [0.05, 0.1) is 11.6 Å². The van der Waals surface area contributed by atoms with Crippen molar-refractivity contribution in [3.8, 4) is 0 Å². The van der Waals surface area contributed by atoms with E-state index in [1.807, 2.05) is 0 Å². The number of amides is 1. The molecule has 1 atom stereocenters. The van der Waals surface area contributed by atoms with Crippen molar-refractivity contribution in [3.05, 3.63) is 0 Å². The van der Waals surface area contributed by atoms with Crippen LogP contribution in [-0.2, 0) is 9.53 Å². The van der Waals surface area contributed by atoms with Gasteiger partial charge in [-0.15, -0.1) is 0 Å². The van der Waals surface area contributed by atoms with Crippen molar-refractivity contribution in [1.82, 2.24) is 10.6 Å². The zero-order valence-electron chi connectivity index (χ0n) is 9.38. The van der Waals surface area contributed by atoms with Gasteiger partial charge in [-0.05, 0) is 14.0 Å². The molecule has 5 heteroatoms. The molecule has 88 valence electrons. The van der Waals surface area contributed by atoms with Gasteiger partial charge in [0.25, 0.3) is 0 Å². The first-order valence-corrected chi connectivity index (χ1v) is 5.32. The highest BCUT2D eigenvalue weighted by atomic mass is 16.5. The number of hydrogen-bond acceptors (Lipinski definition) is 4.